The van der Waals surface area contributed by atoms with Crippen molar-refractivity contribution in [1.82, 2.24) is 19.1 Å². The fraction of sp³-hybridized carbons (Fsp3) is 0.0588. The Morgan fingerprint density at radius 2 is 1.56 bits per heavy atom. The molecular formula is C34H22N4O. The van der Waals surface area contributed by atoms with Gasteiger partial charge in [0.05, 0.1) is 33.1 Å². The number of hydrogen-bond donors (Lipinski definition) is 0. The molecule has 0 N–H and O–H groups in total. The highest BCUT2D eigenvalue weighted by molar-refractivity contribution is 6.25. The summed E-state index contributed by atoms with van der Waals surface area (Å²) in [6.07, 6.45) is 12.5. The first-order valence-corrected chi connectivity index (χ1v) is 13.3. The molecule has 5 aromatic heterocycles. The van der Waals surface area contributed by atoms with Crippen molar-refractivity contribution in [2.75, 3.05) is 0 Å². The number of aromatic nitrogens is 4. The lowest BCUT2D eigenvalue weighted by atomic mass is 10.1. The van der Waals surface area contributed by atoms with Crippen LogP contribution in [-0.4, -0.2) is 19.1 Å². The van der Waals surface area contributed by atoms with Gasteiger partial charge in [-0.1, -0.05) is 60.7 Å². The standard InChI is InChI=1S/C34H22N4O/c1-2-10-21(11-3-1)37-26-15-6-4-13-24(26)30-32-25(20-36-34(30)37)31-27(17-9-19-35-31)38(32)28-16-8-14-23-22-12-5-7-18-29(22)39-33(23)28/h1-2,4-10,12-20H,3,11H2. The molecule has 0 fully saturated rings. The van der Waals surface area contributed by atoms with Gasteiger partial charge in [0.15, 0.2) is 5.58 Å². The minimum atomic E-state index is 0.871. The Morgan fingerprint density at radius 3 is 2.49 bits per heavy atom. The molecule has 5 heterocycles. The van der Waals surface area contributed by atoms with Crippen molar-refractivity contribution in [3.05, 3.63) is 109 Å². The molecule has 0 radical (unpaired) electrons. The van der Waals surface area contributed by atoms with E-state index in [0.29, 0.717) is 0 Å². The molecule has 0 unspecified atom stereocenters. The minimum absolute atomic E-state index is 0.871. The van der Waals surface area contributed by atoms with Crippen molar-refractivity contribution >= 4 is 71.5 Å². The summed E-state index contributed by atoms with van der Waals surface area (Å²) < 4.78 is 11.2. The molecule has 0 aliphatic heterocycles. The predicted molar refractivity (Wildman–Crippen MR) is 159 cm³/mol. The maximum Gasteiger partial charge on any atom is 0.159 e. The monoisotopic (exact) mass is 502 g/mol. The van der Waals surface area contributed by atoms with Crippen LogP contribution >= 0.6 is 0 Å². The van der Waals surface area contributed by atoms with Gasteiger partial charge in [0.2, 0.25) is 0 Å². The van der Waals surface area contributed by atoms with Crippen LogP contribution in [0.4, 0.5) is 0 Å². The second-order valence-electron chi connectivity index (χ2n) is 10.2. The van der Waals surface area contributed by atoms with Crippen LogP contribution in [-0.2, 0) is 0 Å². The Kier molecular flexibility index (Phi) is 4.11. The molecule has 0 spiro atoms. The highest BCUT2D eigenvalue weighted by Crippen LogP contribution is 2.42. The molecule has 0 atom stereocenters. The number of nitrogens with zero attached hydrogens (tertiary/aromatic N) is 4. The van der Waals surface area contributed by atoms with Gasteiger partial charge in [-0.3, -0.25) is 9.55 Å². The molecular weight excluding hydrogens is 480 g/mol. The predicted octanol–water partition coefficient (Wildman–Crippen LogP) is 8.77. The van der Waals surface area contributed by atoms with Crippen molar-refractivity contribution in [3.63, 3.8) is 0 Å². The first-order valence-electron chi connectivity index (χ1n) is 13.3. The molecule has 0 bridgehead atoms. The van der Waals surface area contributed by atoms with Gasteiger partial charge in [0.1, 0.15) is 11.2 Å². The third-order valence-corrected chi connectivity index (χ3v) is 8.07. The smallest absolute Gasteiger partial charge is 0.159 e. The Bertz CT molecular complexity index is 2340. The van der Waals surface area contributed by atoms with Crippen molar-refractivity contribution < 1.29 is 4.42 Å². The van der Waals surface area contributed by atoms with Crippen molar-refractivity contribution in [1.29, 1.82) is 0 Å². The molecule has 0 amide bonds. The quantitative estimate of drug-likeness (QED) is 0.237. The van der Waals surface area contributed by atoms with Gasteiger partial charge in [0.25, 0.3) is 0 Å². The Balaban J connectivity index is 1.52. The Hall–Kier alpha value is -5.16. The van der Waals surface area contributed by atoms with Gasteiger partial charge in [-0.25, -0.2) is 4.98 Å². The SMILES string of the molecule is C1=CCCC(n2c3ccccc3c3c2ncc2c4ncccc4n(-c4cccc5c4oc4ccccc45)c23)=C1. The van der Waals surface area contributed by atoms with E-state index in [-0.39, 0.29) is 0 Å². The van der Waals surface area contributed by atoms with E-state index in [0.717, 1.165) is 73.4 Å². The average Bonchev–Trinajstić information content (AvgIpc) is 3.65. The van der Waals surface area contributed by atoms with Crippen LogP contribution < -0.4 is 0 Å². The molecule has 1 aliphatic carbocycles. The number of para-hydroxylation sites is 3. The fourth-order valence-electron chi connectivity index (χ4n) is 6.44. The molecule has 9 rings (SSSR count). The van der Waals surface area contributed by atoms with Crippen LogP contribution in [0.5, 0.6) is 0 Å². The first-order chi connectivity index (χ1) is 19.4. The van der Waals surface area contributed by atoms with E-state index in [4.69, 9.17) is 14.4 Å². The second-order valence-corrected chi connectivity index (χ2v) is 10.2. The second kappa shape index (κ2) is 7.68. The van der Waals surface area contributed by atoms with Gasteiger partial charge in [0, 0.05) is 39.6 Å². The van der Waals surface area contributed by atoms with Gasteiger partial charge in [-0.15, -0.1) is 0 Å². The molecule has 39 heavy (non-hydrogen) atoms. The molecule has 5 nitrogen and oxygen atoms in total. The summed E-state index contributed by atoms with van der Waals surface area (Å²) in [6.45, 7) is 0. The van der Waals surface area contributed by atoms with Gasteiger partial charge in [-0.2, -0.15) is 0 Å². The van der Waals surface area contributed by atoms with Crippen molar-refractivity contribution in [2.24, 2.45) is 0 Å². The Morgan fingerprint density at radius 1 is 0.718 bits per heavy atom. The van der Waals surface area contributed by atoms with Crippen molar-refractivity contribution in [2.45, 2.75) is 12.8 Å². The minimum Gasteiger partial charge on any atom is -0.454 e. The van der Waals surface area contributed by atoms with E-state index in [2.05, 4.69) is 88.0 Å². The zero-order valence-corrected chi connectivity index (χ0v) is 21.0. The van der Waals surface area contributed by atoms with E-state index < -0.39 is 0 Å². The third kappa shape index (κ3) is 2.74. The van der Waals surface area contributed by atoms with Crippen LogP contribution in [0.3, 0.4) is 0 Å². The highest BCUT2D eigenvalue weighted by Gasteiger charge is 2.24. The lowest BCUT2D eigenvalue weighted by Gasteiger charge is -2.13. The normalized spacial score (nSPS) is 14.0. The summed E-state index contributed by atoms with van der Waals surface area (Å²) in [5.74, 6) is 0. The highest BCUT2D eigenvalue weighted by atomic mass is 16.3. The van der Waals surface area contributed by atoms with Gasteiger partial charge >= 0.3 is 0 Å². The van der Waals surface area contributed by atoms with Crippen LogP contribution in [0.2, 0.25) is 0 Å². The number of hydrogen-bond acceptors (Lipinski definition) is 3. The number of benzene rings is 3. The maximum atomic E-state index is 6.53. The molecule has 0 saturated carbocycles. The lowest BCUT2D eigenvalue weighted by Crippen LogP contribution is -2.00. The number of furan rings is 1. The summed E-state index contributed by atoms with van der Waals surface area (Å²) in [5.41, 5.74) is 9.22. The molecule has 184 valence electrons. The number of fused-ring (bicyclic) bond motifs is 10. The van der Waals surface area contributed by atoms with Crippen LogP contribution in [0.25, 0.3) is 77.2 Å². The van der Waals surface area contributed by atoms with Gasteiger partial charge in [-0.05, 0) is 49.2 Å². The number of allylic oxidation sites excluding steroid dienone is 4. The molecule has 8 aromatic rings. The topological polar surface area (TPSA) is 48.8 Å². The zero-order valence-electron chi connectivity index (χ0n) is 21.0. The Labute approximate surface area is 222 Å². The first kappa shape index (κ1) is 20.8. The van der Waals surface area contributed by atoms with E-state index in [1.165, 1.54) is 16.6 Å². The van der Waals surface area contributed by atoms with Gasteiger partial charge < -0.3 is 8.98 Å². The molecule has 5 heteroatoms. The van der Waals surface area contributed by atoms with Crippen LogP contribution in [0.1, 0.15) is 12.8 Å². The summed E-state index contributed by atoms with van der Waals surface area (Å²) in [4.78, 5) is 9.94. The van der Waals surface area contributed by atoms with Crippen LogP contribution in [0.15, 0.2) is 114 Å². The lowest BCUT2D eigenvalue weighted by molar-refractivity contribution is 0.666. The van der Waals surface area contributed by atoms with E-state index in [1.807, 2.05) is 30.6 Å². The van der Waals surface area contributed by atoms with E-state index in [9.17, 15) is 0 Å². The third-order valence-electron chi connectivity index (χ3n) is 8.07. The van der Waals surface area contributed by atoms with E-state index >= 15 is 0 Å². The molecule has 1 aliphatic rings. The summed E-state index contributed by atoms with van der Waals surface area (Å²) in [5, 5.41) is 5.57. The fourth-order valence-corrected chi connectivity index (χ4v) is 6.44. The number of rotatable bonds is 2. The van der Waals surface area contributed by atoms with Crippen molar-refractivity contribution in [3.8, 4) is 5.69 Å². The number of pyridine rings is 2. The maximum absolute atomic E-state index is 6.53. The molecule has 0 saturated heterocycles. The van der Waals surface area contributed by atoms with E-state index in [1.54, 1.807) is 0 Å². The molecule has 3 aromatic carbocycles. The summed E-state index contributed by atoms with van der Waals surface area (Å²) >= 11 is 0. The largest absolute Gasteiger partial charge is 0.454 e. The zero-order chi connectivity index (χ0) is 25.5. The van der Waals surface area contributed by atoms with Crippen LogP contribution in [0, 0.1) is 0 Å². The average molecular weight is 503 g/mol. The summed E-state index contributed by atoms with van der Waals surface area (Å²) in [6, 6.07) is 27.4. The summed E-state index contributed by atoms with van der Waals surface area (Å²) in [7, 11) is 0.